The normalized spacial score (nSPS) is 11.7. The highest BCUT2D eigenvalue weighted by molar-refractivity contribution is 5.87. The molecule has 0 amide bonds. The van der Waals surface area contributed by atoms with Crippen molar-refractivity contribution in [2.24, 2.45) is 7.05 Å². The lowest BCUT2D eigenvalue weighted by Gasteiger charge is -2.11. The Balaban J connectivity index is 0.893. The number of aromatic nitrogens is 10. The molecule has 0 unspecified atom stereocenters. The van der Waals surface area contributed by atoms with Crippen molar-refractivity contribution in [1.29, 1.82) is 0 Å². The summed E-state index contributed by atoms with van der Waals surface area (Å²) in [6.07, 6.45) is 8.55. The topological polar surface area (TPSA) is 142 Å². The number of hydrogen-bond donors (Lipinski definition) is 1. The molecule has 270 valence electrons. The lowest BCUT2D eigenvalue weighted by Crippen LogP contribution is -2.22. The van der Waals surface area contributed by atoms with Crippen LogP contribution in [0.1, 0.15) is 22.4 Å². The monoisotopic (exact) mass is 732 g/mol. The molecule has 0 aliphatic heterocycles. The van der Waals surface area contributed by atoms with Gasteiger partial charge in [-0.25, -0.2) is 24.9 Å². The van der Waals surface area contributed by atoms with Crippen LogP contribution in [0, 0.1) is 0 Å². The maximum atomic E-state index is 13.1. The van der Waals surface area contributed by atoms with Crippen LogP contribution in [0.15, 0.2) is 144 Å². The first-order valence-corrected chi connectivity index (χ1v) is 18.2. The molecule has 6 aromatic heterocycles. The van der Waals surface area contributed by atoms with Crippen molar-refractivity contribution in [3.05, 3.63) is 177 Å². The molecule has 0 saturated heterocycles. The Kier molecular flexibility index (Phi) is 7.87. The van der Waals surface area contributed by atoms with Crippen LogP contribution in [0.2, 0.25) is 0 Å². The van der Waals surface area contributed by atoms with Crippen LogP contribution < -0.4 is 11.1 Å². The van der Waals surface area contributed by atoms with Crippen LogP contribution in [-0.4, -0.2) is 48.8 Å². The van der Waals surface area contributed by atoms with E-state index in [2.05, 4.69) is 84.7 Å². The molecule has 12 nitrogen and oxygen atoms in total. The fourth-order valence-corrected chi connectivity index (χ4v) is 7.44. The lowest BCUT2D eigenvalue weighted by molar-refractivity contribution is 0.774. The van der Waals surface area contributed by atoms with E-state index < -0.39 is 0 Å². The third kappa shape index (κ3) is 5.99. The van der Waals surface area contributed by atoms with Crippen LogP contribution >= 0.6 is 0 Å². The number of H-pyrrole nitrogens is 1. The van der Waals surface area contributed by atoms with E-state index in [0.717, 1.165) is 66.6 Å². The van der Waals surface area contributed by atoms with Crippen molar-refractivity contribution >= 4 is 44.3 Å². The Hall–Kier alpha value is -7.60. The first kappa shape index (κ1) is 33.0. The van der Waals surface area contributed by atoms with E-state index in [-0.39, 0.29) is 11.1 Å². The smallest absolute Gasteiger partial charge is 0.270 e. The lowest BCUT2D eigenvalue weighted by atomic mass is 10.0. The molecule has 4 aromatic carbocycles. The quantitative estimate of drug-likeness (QED) is 0.182. The van der Waals surface area contributed by atoms with Gasteiger partial charge in [0.05, 0.1) is 48.4 Å². The molecule has 0 bridgehead atoms. The van der Waals surface area contributed by atoms with Crippen molar-refractivity contribution in [2.45, 2.75) is 19.5 Å². The number of fused-ring (bicyclic) bond motifs is 4. The summed E-state index contributed by atoms with van der Waals surface area (Å²) < 4.78 is 5.33. The third-order valence-electron chi connectivity index (χ3n) is 10.3. The average molecular weight is 733 g/mol. The van der Waals surface area contributed by atoms with E-state index in [1.165, 1.54) is 12.4 Å². The number of rotatable bonds is 8. The molecular weight excluding hydrogens is 701 g/mol. The van der Waals surface area contributed by atoms with Gasteiger partial charge in [-0.3, -0.25) is 23.8 Å². The third-order valence-corrected chi connectivity index (χ3v) is 10.3. The number of imidazole rings is 1. The predicted molar refractivity (Wildman–Crippen MR) is 216 cm³/mol. The number of aromatic amines is 1. The van der Waals surface area contributed by atoms with Crippen LogP contribution in [0.4, 0.5) is 0 Å². The molecule has 10 rings (SSSR count). The van der Waals surface area contributed by atoms with Gasteiger partial charge in [-0.15, -0.1) is 0 Å². The van der Waals surface area contributed by atoms with Crippen LogP contribution in [-0.2, 0) is 26.6 Å². The Morgan fingerprint density at radius 1 is 0.554 bits per heavy atom. The number of hydrogen-bond acceptors (Lipinski definition) is 8. The highest BCUT2D eigenvalue weighted by atomic mass is 16.1. The molecule has 0 saturated carbocycles. The van der Waals surface area contributed by atoms with Crippen LogP contribution in [0.5, 0.6) is 0 Å². The minimum atomic E-state index is -0.211. The maximum Gasteiger partial charge on any atom is 0.270 e. The molecule has 10 aromatic rings. The summed E-state index contributed by atoms with van der Waals surface area (Å²) >= 11 is 0. The summed E-state index contributed by atoms with van der Waals surface area (Å²) in [5, 5.41) is 8.88. The van der Waals surface area contributed by atoms with Crippen molar-refractivity contribution in [2.75, 3.05) is 0 Å². The molecule has 0 radical (unpaired) electrons. The first-order chi connectivity index (χ1) is 27.4. The number of aryl methyl sites for hydroxylation is 1. The van der Waals surface area contributed by atoms with Gasteiger partial charge in [-0.2, -0.15) is 5.10 Å². The second-order valence-electron chi connectivity index (χ2n) is 14.0. The molecule has 0 fully saturated rings. The van der Waals surface area contributed by atoms with Gasteiger partial charge in [0.25, 0.3) is 11.1 Å². The van der Waals surface area contributed by atoms with Crippen LogP contribution in [0.25, 0.3) is 66.5 Å². The molecule has 1 N–H and O–H groups in total. The minimum absolute atomic E-state index is 0.198. The molecule has 0 aliphatic rings. The summed E-state index contributed by atoms with van der Waals surface area (Å²) in [7, 11) is 1.99. The van der Waals surface area contributed by atoms with E-state index in [0.29, 0.717) is 41.8 Å². The van der Waals surface area contributed by atoms with Gasteiger partial charge >= 0.3 is 0 Å². The predicted octanol–water partition coefficient (Wildman–Crippen LogP) is 6.68. The number of nitrogens with one attached hydrogen (secondary N) is 1. The van der Waals surface area contributed by atoms with E-state index in [1.807, 2.05) is 66.5 Å². The molecule has 0 atom stereocenters. The number of benzene rings is 4. The van der Waals surface area contributed by atoms with Crippen molar-refractivity contribution < 1.29 is 0 Å². The Labute approximate surface area is 318 Å². The van der Waals surface area contributed by atoms with E-state index in [4.69, 9.17) is 4.98 Å². The summed E-state index contributed by atoms with van der Waals surface area (Å²) in [5.41, 5.74) is 12.9. The zero-order valence-electron chi connectivity index (χ0n) is 30.2. The zero-order chi connectivity index (χ0) is 37.8. The van der Waals surface area contributed by atoms with E-state index >= 15 is 0 Å². The van der Waals surface area contributed by atoms with Crippen molar-refractivity contribution in [1.82, 2.24) is 48.8 Å². The van der Waals surface area contributed by atoms with Crippen LogP contribution in [0.3, 0.4) is 0 Å². The van der Waals surface area contributed by atoms with Gasteiger partial charge in [0.15, 0.2) is 11.3 Å². The SMILES string of the molecule is Cn1cnc2ccc(-c3cccc(Cn4c(=O)cnc5cc(Cc6[nH]nc7cc(-c8cccc(Cn9c(=O)cnc%10cccnc%109)c8)ccc67)cnc54)c3)cc21. The fourth-order valence-electron chi connectivity index (χ4n) is 7.44. The van der Waals surface area contributed by atoms with Gasteiger partial charge in [-0.1, -0.05) is 54.6 Å². The minimum Gasteiger partial charge on any atom is -0.334 e. The van der Waals surface area contributed by atoms with Gasteiger partial charge in [-0.05, 0) is 87.5 Å². The Bertz CT molecular complexity index is 3270. The largest absolute Gasteiger partial charge is 0.334 e. The second kappa shape index (κ2) is 13.4. The van der Waals surface area contributed by atoms with Gasteiger partial charge in [0.1, 0.15) is 11.0 Å². The second-order valence-corrected chi connectivity index (χ2v) is 14.0. The molecular formula is C44H32N10O2. The Morgan fingerprint density at radius 2 is 1.23 bits per heavy atom. The summed E-state index contributed by atoms with van der Waals surface area (Å²) in [6, 6.07) is 34.5. The molecule has 56 heavy (non-hydrogen) atoms. The summed E-state index contributed by atoms with van der Waals surface area (Å²) in [5.74, 6) is 0. The number of nitrogens with zero attached hydrogens (tertiary/aromatic N) is 9. The fraction of sp³-hybridized carbons (Fsp3) is 0.0909. The maximum absolute atomic E-state index is 13.1. The summed E-state index contributed by atoms with van der Waals surface area (Å²) in [4.78, 5) is 48.2. The highest BCUT2D eigenvalue weighted by Crippen LogP contribution is 2.28. The van der Waals surface area contributed by atoms with E-state index in [1.54, 1.807) is 21.5 Å². The Morgan fingerprint density at radius 3 is 2.00 bits per heavy atom. The molecule has 6 heterocycles. The van der Waals surface area contributed by atoms with Gasteiger partial charge in [0.2, 0.25) is 0 Å². The number of pyridine rings is 2. The van der Waals surface area contributed by atoms with Gasteiger partial charge in [0, 0.05) is 36.9 Å². The summed E-state index contributed by atoms with van der Waals surface area (Å²) in [6.45, 7) is 0.735. The van der Waals surface area contributed by atoms with Gasteiger partial charge < -0.3 is 4.57 Å². The zero-order valence-corrected chi connectivity index (χ0v) is 30.2. The molecule has 0 aliphatic carbocycles. The molecule has 12 heteroatoms. The standard InChI is InChI=1S/C44H32N10O2/c1-52-26-49-35-13-11-33(20-40(35)52)31-8-3-6-28(16-31)25-54-42(56)23-47-39-18-29(21-48-44(39)54)17-37-34-12-10-32(19-38(34)51-50-37)30-7-2-5-27(15-30)24-53-41(55)22-46-36-9-4-14-45-43(36)53/h2-16,18-23,26H,17,24-25H2,1H3,(H,50,51). The molecule has 0 spiro atoms. The van der Waals surface area contributed by atoms with Crippen molar-refractivity contribution in [3.63, 3.8) is 0 Å². The van der Waals surface area contributed by atoms with Crippen molar-refractivity contribution in [3.8, 4) is 22.3 Å². The first-order valence-electron chi connectivity index (χ1n) is 18.2. The highest BCUT2D eigenvalue weighted by Gasteiger charge is 2.14. The van der Waals surface area contributed by atoms with E-state index in [9.17, 15) is 9.59 Å². The average Bonchev–Trinajstić information content (AvgIpc) is 3.82.